The van der Waals surface area contributed by atoms with Crippen LogP contribution in [0.25, 0.3) is 11.1 Å². The molecule has 10 unspecified atom stereocenters. The number of phenols is 3. The number of fused-ring (bicyclic) bond motifs is 2. The Morgan fingerprint density at radius 3 is 1.96 bits per heavy atom. The summed E-state index contributed by atoms with van der Waals surface area (Å²) in [7, 11) is 2.71. The molecule has 8 amide bonds. The zero-order chi connectivity index (χ0) is 89.6. The molecule has 35 nitrogen and oxygen atoms in total. The monoisotopic (exact) mass is 1780 g/mol. The third kappa shape index (κ3) is 23.7. The molecule has 0 spiro atoms. The van der Waals surface area contributed by atoms with E-state index < -0.39 is 193 Å². The predicted molar refractivity (Wildman–Crippen MR) is 449 cm³/mol. The highest BCUT2D eigenvalue weighted by Gasteiger charge is 2.52. The lowest BCUT2D eigenvalue weighted by molar-refractivity contribution is -0.331. The SMILES string of the molecule is CNC(=O)C1NC(=O)[C@@H](C)NC(=O)[C@H](CC(N)=O)NC(=O)[C@H](NC(=O)[C@@H](CC(C)C)NC)[C@H](O)c2ccc(c(Cl)c2)Oc2cccc(c2OC2OC(CN)C(O)C(O)C2OC2CC(C)(NCc3ccc(OCc4ccc(Cl)c(Cl)c4)cc3)C(O)C(C)O2)Oc2ccc(cc2Cl)[C@@H](O)CC(=O)N[C@@H](C(=O)NCCN)c2cc(O)cc(O)c2-c2cc1ccc2O. The first-order chi connectivity index (χ1) is 58.4. The highest BCUT2D eigenvalue weighted by atomic mass is 35.5. The van der Waals surface area contributed by atoms with Crippen LogP contribution < -0.4 is 84.0 Å². The standard InChI is InChI=1S/C84H100Cl4N12O23/c1-38(2)25-54(92-6)78(112)100-70-71(107)45-16-22-60(53(88)29-45)120-62-10-8-9-61(74(62)123-83-75(73(109)72(108)63(35-90)121-83)122-66-34-84(5,76(110)40(4)118-66)95-36-41-11-17-47(18-12-41)117-37-42-13-19-50(85)51(86)26-42)119-59-21-15-43(28-52(59)87)57(103)33-65(106)98-69(81(115)94-24-23-89)49-30-46(101)31-58(104)67(49)48-27-44(14-20-56(48)102)68(80(114)93-7)99-77(111)39(3)96-79(113)55(32-64(91)105)97-82(70)116/h8-22,26-31,38-40,54-55,57,63,66,68-73,75-76,83,92,95,101-104,107-110H,23-25,32-37,89-90H2,1-7H3,(H2,91,105)(H,93,114)(H,94,115)(H,96,113)(H,97,116)(H,98,106)(H,99,111)(H,100,112)/t39-,40?,54-,55+,57+,63?,66?,68?,69-,70-,71-,72?,73?,75?,76?,83?,84?/m1/s1. The molecular formula is C84H100Cl4N12O23. The molecule has 5 heterocycles. The lowest BCUT2D eigenvalue weighted by Crippen LogP contribution is -2.65. The van der Waals surface area contributed by atoms with Crippen molar-refractivity contribution in [2.75, 3.05) is 33.7 Å². The zero-order valence-electron chi connectivity index (χ0n) is 67.7. The number of hydrogen-bond donors (Lipinski definition) is 20. The van der Waals surface area contributed by atoms with Gasteiger partial charge in [0.2, 0.25) is 59.3 Å². The number of nitrogens with two attached hydrogens (primary N) is 3. The van der Waals surface area contributed by atoms with Gasteiger partial charge in [-0.05, 0) is 152 Å². The molecular weight excluding hydrogens is 1690 g/mol. The van der Waals surface area contributed by atoms with E-state index in [0.29, 0.717) is 15.8 Å². The van der Waals surface area contributed by atoms with E-state index in [-0.39, 0.29) is 112 Å². The molecule has 7 aromatic carbocycles. The first-order valence-corrected chi connectivity index (χ1v) is 40.7. The van der Waals surface area contributed by atoms with Gasteiger partial charge < -0.3 is 139 Å². The van der Waals surface area contributed by atoms with E-state index in [0.717, 1.165) is 35.4 Å². The molecule has 5 aliphatic rings. The predicted octanol–water partition coefficient (Wildman–Crippen LogP) is 4.75. The number of phenolic OH excluding ortho intramolecular Hbond substituents is 3. The van der Waals surface area contributed by atoms with Crippen LogP contribution in [0.15, 0.2) is 127 Å². The highest BCUT2D eigenvalue weighted by Crippen LogP contribution is 2.48. The highest BCUT2D eigenvalue weighted by molar-refractivity contribution is 6.42. The fourth-order valence-electron chi connectivity index (χ4n) is 14.1. The Balaban J connectivity index is 1.04. The first kappa shape index (κ1) is 94.8. The summed E-state index contributed by atoms with van der Waals surface area (Å²) in [5, 5.41) is 118. The summed E-state index contributed by atoms with van der Waals surface area (Å²) in [6, 6.07) is 19.2. The number of hydrogen-bond acceptors (Lipinski definition) is 27. The van der Waals surface area contributed by atoms with Crippen LogP contribution in [0, 0.1) is 5.92 Å². The lowest BCUT2D eigenvalue weighted by Gasteiger charge is -2.48. The van der Waals surface area contributed by atoms with Crippen LogP contribution >= 0.6 is 46.4 Å². The Hall–Kier alpha value is -10.4. The van der Waals surface area contributed by atoms with Gasteiger partial charge in [0.1, 0.15) is 95.7 Å². The zero-order valence-corrected chi connectivity index (χ0v) is 70.8. The number of ether oxygens (including phenoxy) is 7. The topological polar surface area (TPSA) is 549 Å². The van der Waals surface area contributed by atoms with Gasteiger partial charge in [-0.1, -0.05) is 103 Å². The van der Waals surface area contributed by atoms with Gasteiger partial charge in [0.25, 0.3) is 0 Å². The maximum absolute atomic E-state index is 14.9. The van der Waals surface area contributed by atoms with E-state index in [2.05, 4.69) is 47.9 Å². The van der Waals surface area contributed by atoms with E-state index in [1.807, 2.05) is 26.0 Å². The van der Waals surface area contributed by atoms with E-state index in [4.69, 9.17) is 96.8 Å². The normalized spacial score (nSPS) is 25.1. The maximum atomic E-state index is 14.9. The van der Waals surface area contributed by atoms with Gasteiger partial charge in [0, 0.05) is 62.4 Å². The van der Waals surface area contributed by atoms with Gasteiger partial charge in [-0.3, -0.25) is 38.4 Å². The van der Waals surface area contributed by atoms with Gasteiger partial charge in [-0.2, -0.15) is 0 Å². The van der Waals surface area contributed by atoms with Crippen molar-refractivity contribution in [2.45, 2.75) is 177 Å². The third-order valence-electron chi connectivity index (χ3n) is 20.8. The van der Waals surface area contributed by atoms with Gasteiger partial charge in [-0.15, -0.1) is 0 Å². The number of likely N-dealkylation sites (N-methyl/N-ethyl adjacent to an activating group) is 2. The summed E-state index contributed by atoms with van der Waals surface area (Å²) in [4.78, 5) is 113. The smallest absolute Gasteiger partial charge is 0.247 e. The summed E-state index contributed by atoms with van der Waals surface area (Å²) in [5.41, 5.74) is 16.6. The fraction of sp³-hybridized carbons (Fsp3) is 0.405. The van der Waals surface area contributed by atoms with Crippen LogP contribution in [-0.2, 0) is 65.7 Å². The second kappa shape index (κ2) is 42.3. The molecule has 0 aliphatic carbocycles. The second-order valence-electron chi connectivity index (χ2n) is 30.4. The summed E-state index contributed by atoms with van der Waals surface area (Å²) >= 11 is 26.5. The Labute approximate surface area is 727 Å². The van der Waals surface area contributed by atoms with Gasteiger partial charge in [0.15, 0.2) is 23.9 Å². The van der Waals surface area contributed by atoms with E-state index in [9.17, 15) is 79.2 Å². The Morgan fingerprint density at radius 2 is 1.33 bits per heavy atom. The molecule has 0 aromatic heterocycles. The van der Waals surface area contributed by atoms with Gasteiger partial charge in [0.05, 0.1) is 57.3 Å². The number of aliphatic hydroxyl groups is 5. The summed E-state index contributed by atoms with van der Waals surface area (Å²) in [6.45, 7) is 7.91. The van der Waals surface area contributed by atoms with Crippen LogP contribution in [-0.4, -0.2) is 201 Å². The van der Waals surface area contributed by atoms with Crippen molar-refractivity contribution in [1.29, 1.82) is 0 Å². The molecule has 0 saturated carbocycles. The number of amides is 8. The number of primary amides is 1. The summed E-state index contributed by atoms with van der Waals surface area (Å²) < 4.78 is 45.1. The van der Waals surface area contributed by atoms with Crippen molar-refractivity contribution in [3.63, 3.8) is 0 Å². The van der Waals surface area contributed by atoms with E-state index >= 15 is 0 Å². The molecule has 5 aliphatic heterocycles. The molecule has 7 aromatic rings. The number of carbonyl (C=O) groups excluding carboxylic acids is 8. The molecule has 23 N–H and O–H groups in total. The van der Waals surface area contributed by atoms with E-state index in [1.165, 1.54) is 81.7 Å². The third-order valence-corrected chi connectivity index (χ3v) is 22.1. The number of rotatable bonds is 22. The van der Waals surface area contributed by atoms with E-state index in [1.54, 1.807) is 44.2 Å². The van der Waals surface area contributed by atoms with Crippen LogP contribution in [0.1, 0.15) is 118 Å². The molecule has 39 heteroatoms. The maximum Gasteiger partial charge on any atom is 0.247 e. The minimum Gasteiger partial charge on any atom is -0.508 e. The lowest BCUT2D eigenvalue weighted by atomic mass is 9.84. The van der Waals surface area contributed by atoms with Crippen molar-refractivity contribution < 1.29 is 112 Å². The van der Waals surface area contributed by atoms with Crippen LogP contribution in [0.5, 0.6) is 51.7 Å². The number of nitrogens with one attached hydrogen (secondary N) is 9. The number of para-hydroxylation sites is 1. The average Bonchev–Trinajstić information content (AvgIpc) is 0.773. The Morgan fingerprint density at radius 1 is 0.675 bits per heavy atom. The van der Waals surface area contributed by atoms with Crippen LogP contribution in [0.2, 0.25) is 20.1 Å². The number of carbonyl (C=O) groups is 8. The van der Waals surface area contributed by atoms with Gasteiger partial charge >= 0.3 is 0 Å². The first-order valence-electron chi connectivity index (χ1n) is 39.2. The van der Waals surface area contributed by atoms with Crippen molar-refractivity contribution in [3.05, 3.63) is 181 Å². The number of aliphatic hydroxyl groups excluding tert-OH is 5. The van der Waals surface area contributed by atoms with Crippen LogP contribution in [0.4, 0.5) is 0 Å². The molecule has 2 saturated heterocycles. The quantitative estimate of drug-likeness (QED) is 0.0435. The Bertz CT molecular complexity index is 4990. The molecule has 8 bridgehead atoms. The molecule has 123 heavy (non-hydrogen) atoms. The Kier molecular flexibility index (Phi) is 32.6. The summed E-state index contributed by atoms with van der Waals surface area (Å²) in [6.07, 6.45) is -17.3. The fourth-order valence-corrected chi connectivity index (χ4v) is 14.9. The largest absolute Gasteiger partial charge is 0.508 e. The molecule has 662 valence electrons. The van der Waals surface area contributed by atoms with Crippen molar-refractivity contribution in [1.82, 2.24) is 47.9 Å². The van der Waals surface area contributed by atoms with Gasteiger partial charge in [-0.25, -0.2) is 0 Å². The van der Waals surface area contributed by atoms with Crippen molar-refractivity contribution in [2.24, 2.45) is 23.1 Å². The second-order valence-corrected chi connectivity index (χ2v) is 32.1. The molecule has 12 rings (SSSR count). The van der Waals surface area contributed by atoms with Crippen molar-refractivity contribution >= 4 is 93.7 Å². The number of halogens is 4. The molecule has 2 fully saturated rings. The summed E-state index contributed by atoms with van der Waals surface area (Å²) in [5.74, 6) is -11.3. The molecule has 0 radical (unpaired) electrons. The molecule has 17 atom stereocenters. The van der Waals surface area contributed by atoms with Crippen LogP contribution in [0.3, 0.4) is 0 Å². The minimum atomic E-state index is -2.07. The average molecular weight is 1790 g/mol. The number of benzene rings is 7. The van der Waals surface area contributed by atoms with Crippen molar-refractivity contribution in [3.8, 4) is 62.9 Å². The minimum absolute atomic E-state index is 0.00560. The number of aromatic hydroxyl groups is 3.